The highest BCUT2D eigenvalue weighted by atomic mass is 32.2. The summed E-state index contributed by atoms with van der Waals surface area (Å²) in [5.74, 6) is -1.45. The quantitative estimate of drug-likeness (QED) is 0.877. The summed E-state index contributed by atoms with van der Waals surface area (Å²) in [6, 6.07) is 6.91. The number of rotatable bonds is 5. The summed E-state index contributed by atoms with van der Waals surface area (Å²) in [7, 11) is -1.89. The number of para-hydroxylation sites is 1. The summed E-state index contributed by atoms with van der Waals surface area (Å²) < 4.78 is 24.2. The minimum absolute atomic E-state index is 0.297. The van der Waals surface area contributed by atoms with Crippen LogP contribution in [0.25, 0.3) is 0 Å². The third-order valence-electron chi connectivity index (χ3n) is 2.78. The van der Waals surface area contributed by atoms with Crippen LogP contribution in [0.4, 0.5) is 5.69 Å². The van der Waals surface area contributed by atoms with Gasteiger partial charge < -0.3 is 5.11 Å². The Bertz CT molecular complexity index is 539. The zero-order chi connectivity index (χ0) is 13.9. The molecule has 0 aliphatic rings. The molecule has 0 radical (unpaired) electrons. The molecule has 1 N–H and O–H groups in total. The summed E-state index contributed by atoms with van der Waals surface area (Å²) in [4.78, 5) is 10.8. The highest BCUT2D eigenvalue weighted by Gasteiger charge is 2.18. The average molecular weight is 271 g/mol. The predicted molar refractivity (Wildman–Crippen MR) is 70.2 cm³/mol. The van der Waals surface area contributed by atoms with Crippen molar-refractivity contribution in [3.05, 3.63) is 29.8 Å². The normalized spacial score (nSPS) is 13.1. The molecule has 1 aromatic carbocycles. The monoisotopic (exact) mass is 271 g/mol. The second-order valence-corrected chi connectivity index (χ2v) is 6.32. The molecule has 5 nitrogen and oxygen atoms in total. The van der Waals surface area contributed by atoms with E-state index >= 15 is 0 Å². The van der Waals surface area contributed by atoms with Gasteiger partial charge in [-0.1, -0.05) is 25.1 Å². The molecule has 0 saturated heterocycles. The third kappa shape index (κ3) is 3.46. The van der Waals surface area contributed by atoms with Gasteiger partial charge >= 0.3 is 5.97 Å². The van der Waals surface area contributed by atoms with Gasteiger partial charge in [0.15, 0.2) is 0 Å². The van der Waals surface area contributed by atoms with Crippen LogP contribution in [0.3, 0.4) is 0 Å². The van der Waals surface area contributed by atoms with E-state index in [1.165, 1.54) is 7.05 Å². The fraction of sp³-hybridized carbons (Fsp3) is 0.417. The predicted octanol–water partition coefficient (Wildman–Crippen LogP) is 1.35. The summed E-state index contributed by atoms with van der Waals surface area (Å²) in [6.07, 6.45) is 1.41. The molecule has 0 aliphatic carbocycles. The number of carboxylic acids is 1. The van der Waals surface area contributed by atoms with Gasteiger partial charge in [-0.25, -0.2) is 8.42 Å². The Balaban J connectivity index is 3.11. The summed E-state index contributed by atoms with van der Waals surface area (Å²) in [5.41, 5.74) is 1.23. The topological polar surface area (TPSA) is 74.7 Å². The molecule has 1 aromatic rings. The van der Waals surface area contributed by atoms with E-state index in [0.717, 1.165) is 10.6 Å². The minimum atomic E-state index is -3.35. The largest absolute Gasteiger partial charge is 0.481 e. The van der Waals surface area contributed by atoms with Crippen LogP contribution >= 0.6 is 0 Å². The van der Waals surface area contributed by atoms with Crippen LogP contribution in [0.5, 0.6) is 0 Å². The second-order valence-electron chi connectivity index (χ2n) is 4.30. The van der Waals surface area contributed by atoms with E-state index < -0.39 is 21.9 Å². The molecule has 0 aliphatic heterocycles. The molecule has 0 heterocycles. The highest BCUT2D eigenvalue weighted by molar-refractivity contribution is 7.92. The molecule has 0 bridgehead atoms. The number of carboxylic acid groups (broad SMARTS) is 1. The van der Waals surface area contributed by atoms with E-state index in [1.807, 2.05) is 0 Å². The lowest BCUT2D eigenvalue weighted by atomic mass is 10.00. The number of aliphatic carboxylic acids is 1. The first-order valence-electron chi connectivity index (χ1n) is 5.48. The van der Waals surface area contributed by atoms with Crippen molar-refractivity contribution >= 4 is 21.7 Å². The molecule has 100 valence electrons. The van der Waals surface area contributed by atoms with E-state index in [1.54, 1.807) is 31.2 Å². The molecule has 1 rings (SSSR count). The van der Waals surface area contributed by atoms with Crippen molar-refractivity contribution in [1.82, 2.24) is 0 Å². The van der Waals surface area contributed by atoms with E-state index in [2.05, 4.69) is 0 Å². The summed E-state index contributed by atoms with van der Waals surface area (Å²) >= 11 is 0. The van der Waals surface area contributed by atoms with Gasteiger partial charge in [-0.3, -0.25) is 9.10 Å². The fourth-order valence-corrected chi connectivity index (χ4v) is 2.12. The first kappa shape index (κ1) is 14.5. The van der Waals surface area contributed by atoms with Gasteiger partial charge in [0, 0.05) is 7.05 Å². The molecule has 1 unspecified atom stereocenters. The molecular weight excluding hydrogens is 254 g/mol. The Morgan fingerprint density at radius 1 is 1.39 bits per heavy atom. The van der Waals surface area contributed by atoms with Crippen LogP contribution < -0.4 is 4.31 Å². The third-order valence-corrected chi connectivity index (χ3v) is 3.97. The first-order valence-corrected chi connectivity index (χ1v) is 7.33. The lowest BCUT2D eigenvalue weighted by Crippen LogP contribution is -2.26. The van der Waals surface area contributed by atoms with Crippen molar-refractivity contribution in [2.24, 2.45) is 5.92 Å². The van der Waals surface area contributed by atoms with Gasteiger partial charge in [0.05, 0.1) is 17.9 Å². The van der Waals surface area contributed by atoms with Gasteiger partial charge in [0.25, 0.3) is 0 Å². The summed E-state index contributed by atoms with van der Waals surface area (Å²) in [6.45, 7) is 1.60. The van der Waals surface area contributed by atoms with Crippen molar-refractivity contribution < 1.29 is 18.3 Å². The smallest absolute Gasteiger partial charge is 0.306 e. The van der Waals surface area contributed by atoms with Gasteiger partial charge in [-0.2, -0.15) is 0 Å². The number of anilines is 1. The number of sulfonamides is 1. The zero-order valence-corrected chi connectivity index (χ0v) is 11.4. The highest BCUT2D eigenvalue weighted by Crippen LogP contribution is 2.23. The number of hydrogen-bond acceptors (Lipinski definition) is 3. The average Bonchev–Trinajstić information content (AvgIpc) is 2.27. The minimum Gasteiger partial charge on any atom is -0.481 e. The van der Waals surface area contributed by atoms with Crippen LogP contribution in [-0.4, -0.2) is 32.8 Å². The van der Waals surface area contributed by atoms with Crippen molar-refractivity contribution in [2.75, 3.05) is 17.6 Å². The van der Waals surface area contributed by atoms with Crippen LogP contribution in [-0.2, 0) is 21.2 Å². The van der Waals surface area contributed by atoms with E-state index in [4.69, 9.17) is 5.11 Å². The Kier molecular flexibility index (Phi) is 4.34. The maximum atomic E-state index is 11.5. The van der Waals surface area contributed by atoms with Gasteiger partial charge in [-0.05, 0) is 18.1 Å². The maximum absolute atomic E-state index is 11.5. The Morgan fingerprint density at radius 3 is 2.44 bits per heavy atom. The lowest BCUT2D eigenvalue weighted by molar-refractivity contribution is -0.141. The Morgan fingerprint density at radius 2 is 1.94 bits per heavy atom. The van der Waals surface area contributed by atoms with E-state index in [0.29, 0.717) is 17.7 Å². The fourth-order valence-electron chi connectivity index (χ4n) is 1.59. The van der Waals surface area contributed by atoms with Crippen molar-refractivity contribution in [3.63, 3.8) is 0 Å². The molecule has 18 heavy (non-hydrogen) atoms. The van der Waals surface area contributed by atoms with Gasteiger partial charge in [0.1, 0.15) is 0 Å². The summed E-state index contributed by atoms with van der Waals surface area (Å²) in [5, 5.41) is 8.90. The van der Waals surface area contributed by atoms with Crippen LogP contribution in [0.2, 0.25) is 0 Å². The number of benzene rings is 1. The standard InChI is InChI=1S/C12H17NO4S/c1-9(12(14)15)8-10-6-4-5-7-11(10)13(2)18(3,16)17/h4-7,9H,8H2,1-3H3,(H,14,15). The van der Waals surface area contributed by atoms with Gasteiger partial charge in [-0.15, -0.1) is 0 Å². The maximum Gasteiger partial charge on any atom is 0.306 e. The Hall–Kier alpha value is -1.56. The Labute approximate surface area is 107 Å². The zero-order valence-electron chi connectivity index (χ0n) is 10.6. The molecule has 0 fully saturated rings. The number of nitrogens with zero attached hydrogens (tertiary/aromatic N) is 1. The van der Waals surface area contributed by atoms with Crippen LogP contribution in [0.1, 0.15) is 12.5 Å². The van der Waals surface area contributed by atoms with E-state index in [9.17, 15) is 13.2 Å². The van der Waals surface area contributed by atoms with Crippen molar-refractivity contribution in [1.29, 1.82) is 0 Å². The molecule has 0 spiro atoms. The SMILES string of the molecule is CC(Cc1ccccc1N(C)S(C)(=O)=O)C(=O)O. The molecule has 1 atom stereocenters. The van der Waals surface area contributed by atoms with Crippen molar-refractivity contribution in [3.8, 4) is 0 Å². The molecule has 0 amide bonds. The second kappa shape index (κ2) is 5.39. The van der Waals surface area contributed by atoms with E-state index in [-0.39, 0.29) is 0 Å². The molecule has 6 heteroatoms. The van der Waals surface area contributed by atoms with Crippen molar-refractivity contribution in [2.45, 2.75) is 13.3 Å². The number of carbonyl (C=O) groups is 1. The first-order chi connectivity index (χ1) is 8.23. The van der Waals surface area contributed by atoms with Crippen LogP contribution in [0, 0.1) is 5.92 Å². The van der Waals surface area contributed by atoms with Crippen LogP contribution in [0.15, 0.2) is 24.3 Å². The molecular formula is C12H17NO4S. The number of hydrogen-bond donors (Lipinski definition) is 1. The lowest BCUT2D eigenvalue weighted by Gasteiger charge is -2.21. The molecule has 0 aromatic heterocycles. The molecule has 0 saturated carbocycles. The van der Waals surface area contributed by atoms with Gasteiger partial charge in [0.2, 0.25) is 10.0 Å².